The topological polar surface area (TPSA) is 76.3 Å². The number of aliphatic hydroxyl groups excluding tert-OH is 1. The molecular weight excluding hydrogens is 298 g/mol. The highest BCUT2D eigenvalue weighted by Gasteiger charge is 2.52. The van der Waals surface area contributed by atoms with Crippen LogP contribution in [0.15, 0.2) is 18.5 Å². The van der Waals surface area contributed by atoms with Crippen molar-refractivity contribution in [2.24, 2.45) is 0 Å². The summed E-state index contributed by atoms with van der Waals surface area (Å²) in [4.78, 5) is 18.5. The van der Waals surface area contributed by atoms with E-state index in [2.05, 4.69) is 4.98 Å². The van der Waals surface area contributed by atoms with Crippen molar-refractivity contribution in [1.29, 1.82) is 0 Å². The summed E-state index contributed by atoms with van der Waals surface area (Å²) in [5, 5.41) is 9.37. The van der Waals surface area contributed by atoms with Gasteiger partial charge in [0.1, 0.15) is 0 Å². The molecule has 7 heteroatoms. The second-order valence-electron chi connectivity index (χ2n) is 6.68. The van der Waals surface area contributed by atoms with Crippen molar-refractivity contribution in [3.05, 3.63) is 29.7 Å². The molecule has 2 aliphatic heterocycles. The van der Waals surface area contributed by atoms with Gasteiger partial charge in [-0.1, -0.05) is 0 Å². The van der Waals surface area contributed by atoms with Crippen LogP contribution in [-0.2, 0) is 16.1 Å². The van der Waals surface area contributed by atoms with E-state index in [0.717, 1.165) is 5.69 Å². The standard InChI is InChI=1S/C16H17N3O4/c20-6-12-5-18-4-11(10-1-2-10)3-13(14(18)17-12)19-7-16(8-22-9-16)23-15(19)21/h3-5,10,20H,1-2,6-9H2. The zero-order valence-corrected chi connectivity index (χ0v) is 12.6. The average molecular weight is 315 g/mol. The molecule has 1 saturated carbocycles. The van der Waals surface area contributed by atoms with Crippen LogP contribution in [0.25, 0.3) is 5.65 Å². The number of imidazole rings is 1. The van der Waals surface area contributed by atoms with Gasteiger partial charge in [-0.3, -0.25) is 4.90 Å². The maximum absolute atomic E-state index is 12.4. The third kappa shape index (κ3) is 1.96. The molecule has 1 amide bonds. The van der Waals surface area contributed by atoms with Crippen LogP contribution in [0.4, 0.5) is 10.5 Å². The van der Waals surface area contributed by atoms with E-state index >= 15 is 0 Å². The Hall–Kier alpha value is -2.12. The predicted molar refractivity (Wildman–Crippen MR) is 80.5 cm³/mol. The molecule has 3 aliphatic rings. The fourth-order valence-corrected chi connectivity index (χ4v) is 3.36. The normalized spacial score (nSPS) is 22.7. The number of pyridine rings is 1. The summed E-state index contributed by atoms with van der Waals surface area (Å²) in [5.74, 6) is 0.553. The van der Waals surface area contributed by atoms with E-state index in [4.69, 9.17) is 9.47 Å². The number of aromatic nitrogens is 2. The summed E-state index contributed by atoms with van der Waals surface area (Å²) in [7, 11) is 0. The van der Waals surface area contributed by atoms with Gasteiger partial charge in [-0.05, 0) is 30.4 Å². The summed E-state index contributed by atoms with van der Waals surface area (Å²) in [5.41, 5.74) is 2.72. The van der Waals surface area contributed by atoms with Crippen LogP contribution >= 0.6 is 0 Å². The lowest BCUT2D eigenvalue weighted by atomic mass is 10.0. The average Bonchev–Trinajstić information content (AvgIpc) is 3.17. The van der Waals surface area contributed by atoms with Crippen molar-refractivity contribution in [2.45, 2.75) is 31.0 Å². The van der Waals surface area contributed by atoms with Crippen LogP contribution in [0.2, 0.25) is 0 Å². The zero-order valence-electron chi connectivity index (χ0n) is 12.6. The summed E-state index contributed by atoms with van der Waals surface area (Å²) < 4.78 is 12.6. The Morgan fingerprint density at radius 2 is 2.17 bits per heavy atom. The third-order valence-corrected chi connectivity index (χ3v) is 4.81. The minimum absolute atomic E-state index is 0.123. The third-order valence-electron chi connectivity index (χ3n) is 4.81. The lowest BCUT2D eigenvalue weighted by Crippen LogP contribution is -2.52. The smallest absolute Gasteiger partial charge is 0.415 e. The fraction of sp³-hybridized carbons (Fsp3) is 0.500. The highest BCUT2D eigenvalue weighted by atomic mass is 16.6. The summed E-state index contributed by atoms with van der Waals surface area (Å²) in [6, 6.07) is 2.04. The first-order chi connectivity index (χ1) is 11.2. The molecule has 2 aromatic rings. The van der Waals surface area contributed by atoms with Gasteiger partial charge in [0.15, 0.2) is 11.2 Å². The first-order valence-electron chi connectivity index (χ1n) is 7.88. The molecule has 1 N–H and O–H groups in total. The van der Waals surface area contributed by atoms with Crippen molar-refractivity contribution in [3.63, 3.8) is 0 Å². The number of aliphatic hydroxyl groups is 1. The van der Waals surface area contributed by atoms with Gasteiger partial charge >= 0.3 is 6.09 Å². The van der Waals surface area contributed by atoms with Crippen LogP contribution in [-0.4, -0.2) is 45.9 Å². The van der Waals surface area contributed by atoms with Crippen LogP contribution < -0.4 is 4.90 Å². The largest absolute Gasteiger partial charge is 0.436 e. The number of ether oxygens (including phenoxy) is 2. The van der Waals surface area contributed by atoms with Gasteiger partial charge < -0.3 is 19.0 Å². The molecule has 0 bridgehead atoms. The van der Waals surface area contributed by atoms with Gasteiger partial charge in [0.25, 0.3) is 0 Å². The van der Waals surface area contributed by atoms with Crippen molar-refractivity contribution in [3.8, 4) is 0 Å². The van der Waals surface area contributed by atoms with Crippen molar-refractivity contribution >= 4 is 17.4 Å². The molecule has 0 atom stereocenters. The second kappa shape index (κ2) is 4.46. The molecule has 0 unspecified atom stereocenters. The molecule has 2 saturated heterocycles. The predicted octanol–water partition coefficient (Wildman–Crippen LogP) is 1.43. The molecule has 3 fully saturated rings. The number of nitrogens with zero attached hydrogens (tertiary/aromatic N) is 3. The number of hydrogen-bond donors (Lipinski definition) is 1. The monoisotopic (exact) mass is 315 g/mol. The van der Waals surface area contributed by atoms with E-state index in [1.165, 1.54) is 18.4 Å². The fourth-order valence-electron chi connectivity index (χ4n) is 3.36. The molecule has 0 aromatic carbocycles. The van der Waals surface area contributed by atoms with E-state index < -0.39 is 5.60 Å². The lowest BCUT2D eigenvalue weighted by Gasteiger charge is -2.34. The number of anilines is 1. The molecular formula is C16H17N3O4. The number of carbonyl (C=O) groups is 1. The van der Waals surface area contributed by atoms with E-state index in [-0.39, 0.29) is 12.7 Å². The van der Waals surface area contributed by atoms with Crippen molar-refractivity contribution in [2.75, 3.05) is 24.7 Å². The second-order valence-corrected chi connectivity index (χ2v) is 6.68. The molecule has 1 aliphatic carbocycles. The Bertz CT molecular complexity index is 807. The molecule has 2 aromatic heterocycles. The summed E-state index contributed by atoms with van der Waals surface area (Å²) in [6.45, 7) is 1.26. The Labute approximate surface area is 132 Å². The number of fused-ring (bicyclic) bond motifs is 1. The van der Waals surface area contributed by atoms with Gasteiger partial charge in [0, 0.05) is 12.4 Å². The molecule has 1 spiro atoms. The van der Waals surface area contributed by atoms with Gasteiger partial charge in [-0.15, -0.1) is 0 Å². The minimum atomic E-state index is -0.504. The van der Waals surface area contributed by atoms with Crippen LogP contribution in [0.1, 0.15) is 30.0 Å². The van der Waals surface area contributed by atoms with Crippen LogP contribution in [0, 0.1) is 0 Å². The number of carbonyl (C=O) groups excluding carboxylic acids is 1. The van der Waals surface area contributed by atoms with Gasteiger partial charge in [0.2, 0.25) is 0 Å². The highest BCUT2D eigenvalue weighted by molar-refractivity contribution is 5.94. The SMILES string of the molecule is O=C1OC2(COC2)CN1c1cc(C2CC2)cn2cc(CO)nc12. The van der Waals surface area contributed by atoms with Gasteiger partial charge in [-0.2, -0.15) is 0 Å². The highest BCUT2D eigenvalue weighted by Crippen LogP contribution is 2.43. The van der Waals surface area contributed by atoms with Crippen LogP contribution in [0.5, 0.6) is 0 Å². The number of rotatable bonds is 3. The number of amides is 1. The molecule has 23 heavy (non-hydrogen) atoms. The maximum atomic E-state index is 12.4. The molecule has 5 rings (SSSR count). The van der Waals surface area contributed by atoms with Crippen LogP contribution in [0.3, 0.4) is 0 Å². The Morgan fingerprint density at radius 3 is 2.78 bits per heavy atom. The van der Waals surface area contributed by atoms with E-state index in [0.29, 0.717) is 37.0 Å². The van der Waals surface area contributed by atoms with E-state index in [1.807, 2.05) is 22.9 Å². The first kappa shape index (κ1) is 13.3. The Kier molecular flexibility index (Phi) is 2.58. The quantitative estimate of drug-likeness (QED) is 0.927. The van der Waals surface area contributed by atoms with E-state index in [9.17, 15) is 9.90 Å². The molecule has 4 heterocycles. The minimum Gasteiger partial charge on any atom is -0.436 e. The molecule has 0 radical (unpaired) electrons. The first-order valence-corrected chi connectivity index (χ1v) is 7.88. The van der Waals surface area contributed by atoms with E-state index in [1.54, 1.807) is 4.90 Å². The van der Waals surface area contributed by atoms with Gasteiger partial charge in [0.05, 0.1) is 37.7 Å². The van der Waals surface area contributed by atoms with Crippen molar-refractivity contribution < 1.29 is 19.4 Å². The Balaban J connectivity index is 1.63. The lowest BCUT2D eigenvalue weighted by molar-refractivity contribution is -0.155. The molecule has 120 valence electrons. The number of hydrogen-bond acceptors (Lipinski definition) is 5. The Morgan fingerprint density at radius 1 is 1.35 bits per heavy atom. The zero-order chi connectivity index (χ0) is 15.6. The van der Waals surface area contributed by atoms with Gasteiger partial charge in [-0.25, -0.2) is 9.78 Å². The maximum Gasteiger partial charge on any atom is 0.415 e. The van der Waals surface area contributed by atoms with Crippen molar-refractivity contribution in [1.82, 2.24) is 9.38 Å². The molecule has 7 nitrogen and oxygen atoms in total. The summed E-state index contributed by atoms with van der Waals surface area (Å²) >= 11 is 0. The summed E-state index contributed by atoms with van der Waals surface area (Å²) in [6.07, 6.45) is 5.86.